The Bertz CT molecular complexity index is 1250. The highest BCUT2D eigenvalue weighted by Gasteiger charge is 2.34. The molecule has 0 bridgehead atoms. The maximum absolute atomic E-state index is 12.8. The van der Waals surface area contributed by atoms with Crippen molar-refractivity contribution in [3.05, 3.63) is 75.7 Å². The number of benzene rings is 2. The quantitative estimate of drug-likeness (QED) is 0.279. The zero-order chi connectivity index (χ0) is 23.5. The van der Waals surface area contributed by atoms with Crippen LogP contribution in [0.2, 0.25) is 0 Å². The number of nitro benzene ring substituents is 1. The van der Waals surface area contributed by atoms with Crippen molar-refractivity contribution in [2.45, 2.75) is 4.90 Å². The summed E-state index contributed by atoms with van der Waals surface area (Å²) in [6.45, 7) is 3.60. The predicted octanol–water partition coefficient (Wildman–Crippen LogP) is 3.16. The summed E-state index contributed by atoms with van der Waals surface area (Å²) in [5.41, 5.74) is 0.290. The largest absolute Gasteiger partial charge is 0.504 e. The molecule has 1 fully saturated rings. The summed E-state index contributed by atoms with van der Waals surface area (Å²) in [6.07, 6.45) is 2.95. The zero-order valence-corrected chi connectivity index (χ0v) is 18.3. The van der Waals surface area contributed by atoms with Crippen molar-refractivity contribution < 1.29 is 28.0 Å². The van der Waals surface area contributed by atoms with E-state index in [0.29, 0.717) is 5.56 Å². The third-order valence-electron chi connectivity index (χ3n) is 4.24. The minimum absolute atomic E-state index is 0.0245. The Hall–Kier alpha value is -3.64. The molecular formula is C20H17N3O7S2. The lowest BCUT2D eigenvalue weighted by Gasteiger charge is -2.12. The predicted molar refractivity (Wildman–Crippen MR) is 120 cm³/mol. The van der Waals surface area contributed by atoms with Crippen LogP contribution >= 0.6 is 11.8 Å². The second-order valence-corrected chi connectivity index (χ2v) is 8.96. The SMILES string of the molecule is C=CCN1C(=O)/C(=C/c2ccc(O)c(OC)c2)S/C1=N\S(=O)(=O)c1ccc([N+](=O)[O-])cc1. The number of methoxy groups -OCH3 is 1. The number of thioether (sulfide) groups is 1. The number of aromatic hydroxyl groups is 1. The molecule has 166 valence electrons. The highest BCUT2D eigenvalue weighted by atomic mass is 32.2. The van der Waals surface area contributed by atoms with Crippen molar-refractivity contribution in [3.8, 4) is 11.5 Å². The van der Waals surface area contributed by atoms with E-state index in [0.717, 1.165) is 40.9 Å². The molecule has 32 heavy (non-hydrogen) atoms. The number of phenolic OH excluding ortho intramolecular Hbond substituents is 1. The number of nitrogens with zero attached hydrogens (tertiary/aromatic N) is 3. The highest BCUT2D eigenvalue weighted by Crippen LogP contribution is 2.35. The molecule has 1 saturated heterocycles. The normalized spacial score (nSPS) is 16.5. The fourth-order valence-corrected chi connectivity index (χ4v) is 4.89. The minimum atomic E-state index is -4.24. The van der Waals surface area contributed by atoms with Crippen LogP contribution in [-0.2, 0) is 14.8 Å². The van der Waals surface area contributed by atoms with Crippen LogP contribution < -0.4 is 4.74 Å². The lowest BCUT2D eigenvalue weighted by atomic mass is 10.2. The van der Waals surface area contributed by atoms with Gasteiger partial charge < -0.3 is 9.84 Å². The van der Waals surface area contributed by atoms with E-state index < -0.39 is 20.9 Å². The van der Waals surface area contributed by atoms with Crippen molar-refractivity contribution in [2.24, 2.45) is 4.40 Å². The Kier molecular flexibility index (Phi) is 6.65. The molecule has 0 saturated carbocycles. The molecule has 1 aliphatic heterocycles. The van der Waals surface area contributed by atoms with E-state index in [4.69, 9.17) is 4.74 Å². The Balaban J connectivity index is 1.98. The molecule has 0 radical (unpaired) electrons. The zero-order valence-electron chi connectivity index (χ0n) is 16.7. The average Bonchev–Trinajstić information content (AvgIpc) is 3.03. The van der Waals surface area contributed by atoms with Gasteiger partial charge in [-0.05, 0) is 47.7 Å². The van der Waals surface area contributed by atoms with E-state index in [1.165, 1.54) is 31.4 Å². The van der Waals surface area contributed by atoms with Gasteiger partial charge in [-0.3, -0.25) is 19.8 Å². The molecule has 0 aromatic heterocycles. The standard InChI is InChI=1S/C20H17N3O7S2/c1-3-10-22-19(25)18(12-13-4-9-16(24)17(11-13)30-2)31-20(22)21-32(28,29)15-7-5-14(6-8-15)23(26)27/h3-9,11-12,24H,1,10H2,2H3/b18-12-,21-20-. The molecule has 0 spiro atoms. The van der Waals surface area contributed by atoms with Crippen LogP contribution in [0.5, 0.6) is 11.5 Å². The number of non-ortho nitro benzene ring substituents is 1. The summed E-state index contributed by atoms with van der Waals surface area (Å²) in [4.78, 5) is 24.1. The van der Waals surface area contributed by atoms with E-state index in [2.05, 4.69) is 11.0 Å². The summed E-state index contributed by atoms with van der Waals surface area (Å²) in [6, 6.07) is 8.78. The molecule has 1 aliphatic rings. The fraction of sp³-hybridized carbons (Fsp3) is 0.100. The van der Waals surface area contributed by atoms with Gasteiger partial charge in [0.05, 0.1) is 21.8 Å². The topological polar surface area (TPSA) is 139 Å². The molecule has 1 N–H and O–H groups in total. The molecule has 3 rings (SSSR count). The number of carbonyl (C=O) groups excluding carboxylic acids is 1. The first-order valence-corrected chi connectivity index (χ1v) is 11.2. The Morgan fingerprint density at radius 3 is 2.56 bits per heavy atom. The first-order chi connectivity index (χ1) is 15.2. The van der Waals surface area contributed by atoms with Crippen LogP contribution in [0.3, 0.4) is 0 Å². The summed E-state index contributed by atoms with van der Waals surface area (Å²) >= 11 is 0.858. The van der Waals surface area contributed by atoms with Crippen LogP contribution in [0.25, 0.3) is 6.08 Å². The van der Waals surface area contributed by atoms with Gasteiger partial charge in [0.1, 0.15) is 0 Å². The smallest absolute Gasteiger partial charge is 0.284 e. The van der Waals surface area contributed by atoms with E-state index >= 15 is 0 Å². The molecule has 0 unspecified atom stereocenters. The monoisotopic (exact) mass is 475 g/mol. The molecular weight excluding hydrogens is 458 g/mol. The maximum Gasteiger partial charge on any atom is 0.284 e. The van der Waals surface area contributed by atoms with E-state index in [1.807, 2.05) is 0 Å². The number of hydrogen-bond donors (Lipinski definition) is 1. The third kappa shape index (κ3) is 4.81. The average molecular weight is 476 g/mol. The van der Waals surface area contributed by atoms with Gasteiger partial charge in [0, 0.05) is 18.7 Å². The lowest BCUT2D eigenvalue weighted by Crippen LogP contribution is -2.29. The van der Waals surface area contributed by atoms with Crippen molar-refractivity contribution in [3.63, 3.8) is 0 Å². The van der Waals surface area contributed by atoms with E-state index in [-0.39, 0.29) is 38.7 Å². The van der Waals surface area contributed by atoms with Crippen LogP contribution in [-0.4, -0.2) is 48.1 Å². The molecule has 0 atom stereocenters. The van der Waals surface area contributed by atoms with Crippen LogP contribution in [0, 0.1) is 10.1 Å². The van der Waals surface area contributed by atoms with Gasteiger partial charge in [-0.25, -0.2) is 0 Å². The minimum Gasteiger partial charge on any atom is -0.504 e. The number of hydrogen-bond acceptors (Lipinski definition) is 8. The van der Waals surface area contributed by atoms with Gasteiger partial charge in [0.2, 0.25) is 0 Å². The number of nitro groups is 1. The number of ether oxygens (including phenoxy) is 1. The summed E-state index contributed by atoms with van der Waals surface area (Å²) in [7, 11) is -2.85. The number of rotatable bonds is 7. The van der Waals surface area contributed by atoms with Gasteiger partial charge in [0.15, 0.2) is 16.7 Å². The fourth-order valence-electron chi connectivity index (χ4n) is 2.70. The van der Waals surface area contributed by atoms with Gasteiger partial charge in [-0.15, -0.1) is 11.0 Å². The van der Waals surface area contributed by atoms with Gasteiger partial charge in [0.25, 0.3) is 21.6 Å². The van der Waals surface area contributed by atoms with E-state index in [1.54, 1.807) is 6.07 Å². The number of carbonyl (C=O) groups is 1. The summed E-state index contributed by atoms with van der Waals surface area (Å²) < 4.78 is 34.3. The molecule has 10 nitrogen and oxygen atoms in total. The van der Waals surface area contributed by atoms with Gasteiger partial charge >= 0.3 is 0 Å². The number of amides is 1. The number of phenols is 1. The van der Waals surface area contributed by atoms with Crippen molar-refractivity contribution in [2.75, 3.05) is 13.7 Å². The Morgan fingerprint density at radius 2 is 1.97 bits per heavy atom. The molecule has 2 aromatic rings. The molecule has 1 heterocycles. The van der Waals surface area contributed by atoms with Crippen LogP contribution in [0.1, 0.15) is 5.56 Å². The summed E-state index contributed by atoms with van der Waals surface area (Å²) in [5.74, 6) is -0.322. The second kappa shape index (κ2) is 9.24. The van der Waals surface area contributed by atoms with Crippen molar-refractivity contribution in [1.82, 2.24) is 4.90 Å². The molecule has 12 heteroatoms. The highest BCUT2D eigenvalue weighted by molar-refractivity contribution is 8.19. The molecule has 0 aliphatic carbocycles. The number of sulfonamides is 1. The van der Waals surface area contributed by atoms with Crippen LogP contribution in [0.4, 0.5) is 5.69 Å². The Morgan fingerprint density at radius 1 is 1.28 bits per heavy atom. The summed E-state index contributed by atoms with van der Waals surface area (Å²) in [5, 5.41) is 20.4. The van der Waals surface area contributed by atoms with Gasteiger partial charge in [-0.1, -0.05) is 12.1 Å². The van der Waals surface area contributed by atoms with E-state index in [9.17, 15) is 28.4 Å². The van der Waals surface area contributed by atoms with Gasteiger partial charge in [-0.2, -0.15) is 8.42 Å². The molecule has 2 aromatic carbocycles. The second-order valence-electron chi connectivity index (χ2n) is 6.35. The van der Waals surface area contributed by atoms with Crippen LogP contribution in [0.15, 0.2) is 69.3 Å². The lowest BCUT2D eigenvalue weighted by molar-refractivity contribution is -0.384. The third-order valence-corrected chi connectivity index (χ3v) is 6.65. The molecule has 1 amide bonds. The first kappa shape index (κ1) is 23.0. The first-order valence-electron chi connectivity index (χ1n) is 8.95. The van der Waals surface area contributed by atoms with Crippen molar-refractivity contribution >= 4 is 44.6 Å². The maximum atomic E-state index is 12.8. The Labute approximate surface area is 187 Å². The number of amidine groups is 1. The van der Waals surface area contributed by atoms with Crippen molar-refractivity contribution in [1.29, 1.82) is 0 Å².